The van der Waals surface area contributed by atoms with Crippen molar-refractivity contribution in [2.45, 2.75) is 39.8 Å². The number of nitrogens with zero attached hydrogens (tertiary/aromatic N) is 2. The van der Waals surface area contributed by atoms with Gasteiger partial charge in [-0.15, -0.1) is 11.3 Å². The summed E-state index contributed by atoms with van der Waals surface area (Å²) < 4.78 is 6.02. The number of carbonyl (C=O) groups is 1. The summed E-state index contributed by atoms with van der Waals surface area (Å²) in [6, 6.07) is 12.1. The van der Waals surface area contributed by atoms with Crippen molar-refractivity contribution < 1.29 is 9.53 Å². The van der Waals surface area contributed by atoms with E-state index in [9.17, 15) is 4.79 Å². The summed E-state index contributed by atoms with van der Waals surface area (Å²) in [6.07, 6.45) is 5.82. The Morgan fingerprint density at radius 1 is 1.19 bits per heavy atom. The SMILES string of the molecule is Cc1cc(C(=O)NCC2CCN(Cc3cccs3)CC2)cc(C)c1OCc1cccnc1. The van der Waals surface area contributed by atoms with Crippen LogP contribution < -0.4 is 10.1 Å². The predicted octanol–water partition coefficient (Wildman–Crippen LogP) is 4.98. The van der Waals surface area contributed by atoms with E-state index in [0.29, 0.717) is 18.1 Å². The second-order valence-electron chi connectivity index (χ2n) is 8.60. The molecule has 3 heterocycles. The summed E-state index contributed by atoms with van der Waals surface area (Å²) in [4.78, 5) is 20.9. The third-order valence-corrected chi connectivity index (χ3v) is 6.91. The fourth-order valence-corrected chi connectivity index (χ4v) is 5.00. The maximum atomic E-state index is 12.8. The van der Waals surface area contributed by atoms with Gasteiger partial charge in [0.2, 0.25) is 0 Å². The van der Waals surface area contributed by atoms with E-state index in [1.807, 2.05) is 49.4 Å². The average molecular weight is 450 g/mol. The number of piperidine rings is 1. The molecule has 1 fully saturated rings. The smallest absolute Gasteiger partial charge is 0.251 e. The molecule has 3 aromatic rings. The third kappa shape index (κ3) is 5.96. The topological polar surface area (TPSA) is 54.5 Å². The monoisotopic (exact) mass is 449 g/mol. The first-order chi connectivity index (χ1) is 15.6. The van der Waals surface area contributed by atoms with Crippen LogP contribution in [0.3, 0.4) is 0 Å². The standard InChI is InChI=1S/C26H31N3O2S/c1-19-13-23(14-20(2)25(19)31-18-22-5-3-9-27-15-22)26(30)28-16-21-7-10-29(11-8-21)17-24-6-4-12-32-24/h3-6,9,12-15,21H,7-8,10-11,16-18H2,1-2H3,(H,28,30). The summed E-state index contributed by atoms with van der Waals surface area (Å²) in [5.41, 5.74) is 3.67. The molecule has 168 valence electrons. The number of rotatable bonds is 8. The highest BCUT2D eigenvalue weighted by atomic mass is 32.1. The fraction of sp³-hybridized carbons (Fsp3) is 0.385. The van der Waals surface area contributed by atoms with Crippen LogP contribution in [0.5, 0.6) is 5.75 Å². The molecule has 1 saturated heterocycles. The molecule has 0 aliphatic carbocycles. The zero-order valence-corrected chi connectivity index (χ0v) is 19.7. The molecule has 0 unspecified atom stereocenters. The Labute approximate surface area is 194 Å². The van der Waals surface area contributed by atoms with Crippen LogP contribution in [0.1, 0.15) is 44.8 Å². The van der Waals surface area contributed by atoms with Crippen LogP contribution in [-0.4, -0.2) is 35.4 Å². The number of nitrogens with one attached hydrogen (secondary N) is 1. The van der Waals surface area contributed by atoms with Gasteiger partial charge in [0.25, 0.3) is 5.91 Å². The number of pyridine rings is 1. The van der Waals surface area contributed by atoms with E-state index in [-0.39, 0.29) is 5.91 Å². The van der Waals surface area contributed by atoms with E-state index < -0.39 is 0 Å². The molecular formula is C26H31N3O2S. The first-order valence-electron chi connectivity index (χ1n) is 11.2. The Morgan fingerprint density at radius 2 is 1.97 bits per heavy atom. The van der Waals surface area contributed by atoms with E-state index in [1.54, 1.807) is 12.4 Å². The molecule has 0 radical (unpaired) electrons. The summed E-state index contributed by atoms with van der Waals surface area (Å²) in [5.74, 6) is 1.38. The number of benzene rings is 1. The average Bonchev–Trinajstić information content (AvgIpc) is 3.31. The molecule has 32 heavy (non-hydrogen) atoms. The molecule has 0 saturated carbocycles. The molecule has 2 aromatic heterocycles. The number of amides is 1. The van der Waals surface area contributed by atoms with Crippen molar-refractivity contribution in [3.63, 3.8) is 0 Å². The first kappa shape index (κ1) is 22.5. The highest BCUT2D eigenvalue weighted by Gasteiger charge is 2.20. The van der Waals surface area contributed by atoms with Gasteiger partial charge < -0.3 is 10.1 Å². The van der Waals surface area contributed by atoms with E-state index in [1.165, 1.54) is 4.88 Å². The molecule has 1 N–H and O–H groups in total. The summed E-state index contributed by atoms with van der Waals surface area (Å²) in [5, 5.41) is 5.30. The van der Waals surface area contributed by atoms with Crippen molar-refractivity contribution in [3.05, 3.63) is 81.3 Å². The Bertz CT molecular complexity index is 990. The van der Waals surface area contributed by atoms with Gasteiger partial charge in [-0.25, -0.2) is 0 Å². The van der Waals surface area contributed by atoms with Crippen LogP contribution in [0.2, 0.25) is 0 Å². The van der Waals surface area contributed by atoms with Gasteiger partial charge in [-0.3, -0.25) is 14.7 Å². The lowest BCUT2D eigenvalue weighted by Gasteiger charge is -2.31. The zero-order valence-electron chi connectivity index (χ0n) is 18.8. The van der Waals surface area contributed by atoms with Gasteiger partial charge in [0.15, 0.2) is 0 Å². The predicted molar refractivity (Wildman–Crippen MR) is 129 cm³/mol. The Balaban J connectivity index is 1.26. The largest absolute Gasteiger partial charge is 0.488 e. The normalized spacial score (nSPS) is 14.9. The van der Waals surface area contributed by atoms with Gasteiger partial charge >= 0.3 is 0 Å². The number of aryl methyl sites for hydroxylation is 2. The molecule has 0 spiro atoms. The Kier molecular flexibility index (Phi) is 7.55. The Hall–Kier alpha value is -2.70. The van der Waals surface area contributed by atoms with Crippen molar-refractivity contribution >= 4 is 17.2 Å². The lowest BCUT2D eigenvalue weighted by molar-refractivity contribution is 0.0935. The molecule has 1 aliphatic rings. The minimum absolute atomic E-state index is 0.00368. The van der Waals surface area contributed by atoms with Gasteiger partial charge in [0.1, 0.15) is 12.4 Å². The number of carbonyl (C=O) groups excluding carboxylic acids is 1. The van der Waals surface area contributed by atoms with E-state index in [0.717, 1.165) is 61.5 Å². The lowest BCUT2D eigenvalue weighted by atomic mass is 9.96. The lowest BCUT2D eigenvalue weighted by Crippen LogP contribution is -2.38. The van der Waals surface area contributed by atoms with Crippen molar-refractivity contribution in [1.82, 2.24) is 15.2 Å². The van der Waals surface area contributed by atoms with Crippen LogP contribution in [-0.2, 0) is 13.2 Å². The van der Waals surface area contributed by atoms with Gasteiger partial charge in [-0.1, -0.05) is 12.1 Å². The minimum atomic E-state index is -0.00368. The second kappa shape index (κ2) is 10.7. The highest BCUT2D eigenvalue weighted by Crippen LogP contribution is 2.26. The van der Waals surface area contributed by atoms with Crippen molar-refractivity contribution in [1.29, 1.82) is 0 Å². The van der Waals surface area contributed by atoms with E-state index >= 15 is 0 Å². The number of thiophene rings is 1. The van der Waals surface area contributed by atoms with E-state index in [4.69, 9.17) is 4.74 Å². The van der Waals surface area contributed by atoms with Gasteiger partial charge in [-0.05, 0) is 86.5 Å². The van der Waals surface area contributed by atoms with Crippen LogP contribution in [0.4, 0.5) is 0 Å². The summed E-state index contributed by atoms with van der Waals surface area (Å²) >= 11 is 1.82. The van der Waals surface area contributed by atoms with Crippen LogP contribution in [0.15, 0.2) is 54.2 Å². The number of likely N-dealkylation sites (tertiary alicyclic amines) is 1. The van der Waals surface area contributed by atoms with Crippen molar-refractivity contribution in [2.24, 2.45) is 5.92 Å². The Morgan fingerprint density at radius 3 is 2.62 bits per heavy atom. The van der Waals surface area contributed by atoms with Crippen LogP contribution in [0, 0.1) is 19.8 Å². The maximum absolute atomic E-state index is 12.8. The molecule has 6 heteroatoms. The fourth-order valence-electron chi connectivity index (χ4n) is 4.26. The van der Waals surface area contributed by atoms with Crippen molar-refractivity contribution in [3.8, 4) is 5.75 Å². The number of aromatic nitrogens is 1. The summed E-state index contributed by atoms with van der Waals surface area (Å²) in [7, 11) is 0. The highest BCUT2D eigenvalue weighted by molar-refractivity contribution is 7.09. The minimum Gasteiger partial charge on any atom is -0.488 e. The molecular weight excluding hydrogens is 418 g/mol. The molecule has 5 nitrogen and oxygen atoms in total. The number of hydrogen-bond donors (Lipinski definition) is 1. The van der Waals surface area contributed by atoms with E-state index in [2.05, 4.69) is 32.7 Å². The number of hydrogen-bond acceptors (Lipinski definition) is 5. The van der Waals surface area contributed by atoms with Gasteiger partial charge in [0.05, 0.1) is 0 Å². The maximum Gasteiger partial charge on any atom is 0.251 e. The number of ether oxygens (including phenoxy) is 1. The van der Waals surface area contributed by atoms with Gasteiger partial charge in [0, 0.05) is 41.5 Å². The first-order valence-corrected chi connectivity index (χ1v) is 12.1. The summed E-state index contributed by atoms with van der Waals surface area (Å²) in [6.45, 7) is 8.43. The molecule has 1 aliphatic heterocycles. The van der Waals surface area contributed by atoms with Gasteiger partial charge in [-0.2, -0.15) is 0 Å². The van der Waals surface area contributed by atoms with Crippen LogP contribution in [0.25, 0.3) is 0 Å². The molecule has 0 bridgehead atoms. The van der Waals surface area contributed by atoms with Crippen LogP contribution >= 0.6 is 11.3 Å². The molecule has 1 aromatic carbocycles. The quantitative estimate of drug-likeness (QED) is 0.527. The zero-order chi connectivity index (χ0) is 22.3. The molecule has 1 amide bonds. The van der Waals surface area contributed by atoms with Crippen molar-refractivity contribution in [2.75, 3.05) is 19.6 Å². The second-order valence-corrected chi connectivity index (χ2v) is 9.63. The molecule has 0 atom stereocenters. The third-order valence-electron chi connectivity index (χ3n) is 6.05. The molecule has 4 rings (SSSR count).